The van der Waals surface area contributed by atoms with Gasteiger partial charge in [0.05, 0.1) is 12.0 Å². The van der Waals surface area contributed by atoms with Gasteiger partial charge in [-0.1, -0.05) is 68.7 Å². The summed E-state index contributed by atoms with van der Waals surface area (Å²) in [5, 5.41) is 8.49. The topological polar surface area (TPSA) is 50.1 Å². The molecule has 0 saturated heterocycles. The lowest BCUT2D eigenvalue weighted by Crippen LogP contribution is -2.29. The molecule has 0 amide bonds. The first-order valence-corrected chi connectivity index (χ1v) is 14.2. The predicted molar refractivity (Wildman–Crippen MR) is 144 cm³/mol. The highest BCUT2D eigenvalue weighted by molar-refractivity contribution is 5.72. The fourth-order valence-corrected chi connectivity index (χ4v) is 5.78. The SMILES string of the molecule is CCCCCCc1ccc(C2CCC(OC(=O)C3CCC(CCC=CC=CC#N)CC3)CC2)cc1. The second-order valence-electron chi connectivity index (χ2n) is 10.7. The first-order valence-electron chi connectivity index (χ1n) is 14.2. The maximum atomic E-state index is 12.8. The molecule has 0 aliphatic heterocycles. The van der Waals surface area contributed by atoms with Crippen LogP contribution in [0.3, 0.4) is 0 Å². The van der Waals surface area contributed by atoms with Gasteiger partial charge in [-0.25, -0.2) is 0 Å². The highest BCUT2D eigenvalue weighted by Gasteiger charge is 2.30. The number of benzene rings is 1. The molecule has 2 aliphatic carbocycles. The number of nitriles is 1. The van der Waals surface area contributed by atoms with Crippen molar-refractivity contribution in [3.63, 3.8) is 0 Å². The summed E-state index contributed by atoms with van der Waals surface area (Å²) >= 11 is 0. The number of ether oxygens (including phenoxy) is 1. The average Bonchev–Trinajstić information content (AvgIpc) is 2.90. The Hall–Kier alpha value is -2.34. The van der Waals surface area contributed by atoms with Crippen molar-refractivity contribution in [2.24, 2.45) is 11.8 Å². The molecule has 0 bridgehead atoms. The van der Waals surface area contributed by atoms with E-state index < -0.39 is 0 Å². The van der Waals surface area contributed by atoms with E-state index in [1.165, 1.54) is 55.7 Å². The van der Waals surface area contributed by atoms with Gasteiger partial charge >= 0.3 is 5.97 Å². The van der Waals surface area contributed by atoms with E-state index in [2.05, 4.69) is 37.3 Å². The molecule has 1 aromatic carbocycles. The molecule has 1 aromatic rings. The lowest BCUT2D eigenvalue weighted by atomic mass is 9.79. The van der Waals surface area contributed by atoms with Crippen molar-refractivity contribution in [3.05, 3.63) is 59.7 Å². The number of aryl methyl sites for hydroxylation is 1. The molecule has 3 heteroatoms. The first-order chi connectivity index (χ1) is 17.2. The molecule has 0 aromatic heterocycles. The van der Waals surface area contributed by atoms with Crippen molar-refractivity contribution in [2.45, 2.75) is 115 Å². The van der Waals surface area contributed by atoms with Gasteiger partial charge in [0.1, 0.15) is 6.10 Å². The Bertz CT molecular complexity index is 831. The Kier molecular flexibility index (Phi) is 12.2. The third kappa shape index (κ3) is 9.67. The lowest BCUT2D eigenvalue weighted by Gasteiger charge is -2.31. The van der Waals surface area contributed by atoms with Gasteiger partial charge in [-0.2, -0.15) is 5.26 Å². The van der Waals surface area contributed by atoms with Crippen LogP contribution in [0.4, 0.5) is 0 Å². The van der Waals surface area contributed by atoms with Gasteiger partial charge < -0.3 is 4.74 Å². The Morgan fingerprint density at radius 2 is 1.71 bits per heavy atom. The maximum Gasteiger partial charge on any atom is 0.309 e. The molecule has 0 radical (unpaired) electrons. The highest BCUT2D eigenvalue weighted by atomic mass is 16.5. The van der Waals surface area contributed by atoms with Gasteiger partial charge in [-0.15, -0.1) is 0 Å². The summed E-state index contributed by atoms with van der Waals surface area (Å²) in [6, 6.07) is 11.3. The van der Waals surface area contributed by atoms with Gasteiger partial charge in [0, 0.05) is 6.08 Å². The van der Waals surface area contributed by atoms with E-state index in [1.807, 2.05) is 12.1 Å². The number of rotatable bonds is 12. The smallest absolute Gasteiger partial charge is 0.309 e. The zero-order chi connectivity index (χ0) is 24.7. The van der Waals surface area contributed by atoms with Crippen molar-refractivity contribution >= 4 is 5.97 Å². The van der Waals surface area contributed by atoms with Gasteiger partial charge in [-0.05, 0) is 100 Å². The minimum Gasteiger partial charge on any atom is -0.462 e. The summed E-state index contributed by atoms with van der Waals surface area (Å²) in [6.07, 6.45) is 24.6. The van der Waals surface area contributed by atoms with E-state index in [0.717, 1.165) is 57.8 Å². The van der Waals surface area contributed by atoms with Crippen molar-refractivity contribution in [3.8, 4) is 6.07 Å². The Morgan fingerprint density at radius 3 is 2.40 bits per heavy atom. The fraction of sp³-hybridized carbons (Fsp3) is 0.625. The average molecular weight is 476 g/mol. The molecule has 2 saturated carbocycles. The highest BCUT2D eigenvalue weighted by Crippen LogP contribution is 2.36. The van der Waals surface area contributed by atoms with Gasteiger partial charge in [-0.3, -0.25) is 4.79 Å². The van der Waals surface area contributed by atoms with Gasteiger partial charge in [0.15, 0.2) is 0 Å². The second-order valence-corrected chi connectivity index (χ2v) is 10.7. The van der Waals surface area contributed by atoms with Crippen LogP contribution in [-0.2, 0) is 16.0 Å². The summed E-state index contributed by atoms with van der Waals surface area (Å²) in [5.41, 5.74) is 2.92. The minimum absolute atomic E-state index is 0.0564. The summed E-state index contributed by atoms with van der Waals surface area (Å²) < 4.78 is 5.99. The van der Waals surface area contributed by atoms with Crippen molar-refractivity contribution in [2.75, 3.05) is 0 Å². The van der Waals surface area contributed by atoms with E-state index in [0.29, 0.717) is 11.8 Å². The summed E-state index contributed by atoms with van der Waals surface area (Å²) in [5.74, 6) is 1.48. The van der Waals surface area contributed by atoms with E-state index >= 15 is 0 Å². The molecule has 2 fully saturated rings. The van der Waals surface area contributed by atoms with Gasteiger partial charge in [0.25, 0.3) is 0 Å². The minimum atomic E-state index is 0.0564. The Labute approximate surface area is 213 Å². The zero-order valence-corrected chi connectivity index (χ0v) is 21.8. The lowest BCUT2D eigenvalue weighted by molar-refractivity contribution is -0.157. The molecule has 2 aliphatic rings. The molecule has 190 valence electrons. The van der Waals surface area contributed by atoms with Crippen LogP contribution in [-0.4, -0.2) is 12.1 Å². The van der Waals surface area contributed by atoms with Gasteiger partial charge in [0.2, 0.25) is 0 Å². The van der Waals surface area contributed by atoms with Crippen LogP contribution in [0.25, 0.3) is 0 Å². The molecule has 3 rings (SSSR count). The first kappa shape index (κ1) is 27.3. The quantitative estimate of drug-likeness (QED) is 0.132. The van der Waals surface area contributed by atoms with E-state index in [4.69, 9.17) is 10.00 Å². The largest absolute Gasteiger partial charge is 0.462 e. The molecule has 3 nitrogen and oxygen atoms in total. The maximum absolute atomic E-state index is 12.8. The fourth-order valence-electron chi connectivity index (χ4n) is 5.78. The summed E-state index contributed by atoms with van der Waals surface area (Å²) in [4.78, 5) is 12.8. The number of nitrogens with zero attached hydrogens (tertiary/aromatic N) is 1. The molecule has 35 heavy (non-hydrogen) atoms. The predicted octanol–water partition coefficient (Wildman–Crippen LogP) is 8.60. The number of allylic oxidation sites excluding steroid dienone is 4. The van der Waals surface area contributed by atoms with Crippen molar-refractivity contribution in [1.82, 2.24) is 0 Å². The number of hydrogen-bond donors (Lipinski definition) is 0. The molecule has 0 heterocycles. The van der Waals surface area contributed by atoms with Crippen molar-refractivity contribution in [1.29, 1.82) is 5.26 Å². The molecular weight excluding hydrogens is 430 g/mol. The van der Waals surface area contributed by atoms with E-state index in [-0.39, 0.29) is 18.0 Å². The summed E-state index contributed by atoms with van der Waals surface area (Å²) in [7, 11) is 0. The summed E-state index contributed by atoms with van der Waals surface area (Å²) in [6.45, 7) is 2.26. The zero-order valence-electron chi connectivity index (χ0n) is 21.8. The van der Waals surface area contributed by atoms with E-state index in [1.54, 1.807) is 6.08 Å². The Morgan fingerprint density at radius 1 is 0.971 bits per heavy atom. The van der Waals surface area contributed by atoms with Crippen LogP contribution in [0.15, 0.2) is 48.6 Å². The molecule has 0 N–H and O–H groups in total. The second kappa shape index (κ2) is 15.6. The van der Waals surface area contributed by atoms with Crippen LogP contribution in [0, 0.1) is 23.2 Å². The van der Waals surface area contributed by atoms with Crippen LogP contribution in [0.2, 0.25) is 0 Å². The molecule has 0 atom stereocenters. The number of esters is 1. The normalized spacial score (nSPS) is 25.0. The standard InChI is InChI=1S/C32H45NO2/c1-2-3-4-8-11-26-13-17-28(18-14-26)29-21-23-31(24-22-29)35-32(34)30-19-15-27(16-20-30)12-9-6-5-7-10-25-33/h5-7,10,13-14,17-18,27,29-31H,2-4,8-9,11-12,15-16,19-24H2,1H3. The third-order valence-corrected chi connectivity index (χ3v) is 8.07. The van der Waals surface area contributed by atoms with Crippen LogP contribution in [0.5, 0.6) is 0 Å². The number of carbonyl (C=O) groups excluding carboxylic acids is 1. The Balaban J connectivity index is 1.31. The number of carbonyl (C=O) groups is 1. The van der Waals surface area contributed by atoms with E-state index in [9.17, 15) is 4.79 Å². The van der Waals surface area contributed by atoms with Crippen LogP contribution < -0.4 is 0 Å². The molecular formula is C32H45NO2. The van der Waals surface area contributed by atoms with Crippen LogP contribution >= 0.6 is 0 Å². The van der Waals surface area contributed by atoms with Crippen molar-refractivity contribution < 1.29 is 9.53 Å². The molecule has 0 unspecified atom stereocenters. The third-order valence-electron chi connectivity index (χ3n) is 8.07. The number of hydrogen-bond acceptors (Lipinski definition) is 3. The number of unbranched alkanes of at least 4 members (excludes halogenated alkanes) is 3. The molecule has 0 spiro atoms. The van der Waals surface area contributed by atoms with Crippen LogP contribution in [0.1, 0.15) is 114 Å². The monoisotopic (exact) mass is 475 g/mol.